The number of aliphatic hydroxyl groups excluding tert-OH is 1. The standard InChI is InChI=1S/C29H28N2O2.CH4O/c1-20-7-9-22(10-8-20)15-16-30-29(33)24-13-11-23(12-14-24)18-28-27-6-4-3-5-26(27)25(19-31-28)17-21(2)32;1-2/h3-14,19H,15-18H2,1-2H3,(H,30,33);2H,1H3. The van der Waals surface area contributed by atoms with Crippen LogP contribution in [0.25, 0.3) is 10.8 Å². The van der Waals surface area contributed by atoms with Crippen molar-refractivity contribution in [1.29, 1.82) is 0 Å². The van der Waals surface area contributed by atoms with Crippen molar-refractivity contribution in [3.63, 3.8) is 0 Å². The molecule has 2 N–H and O–H groups in total. The predicted octanol–water partition coefficient (Wildman–Crippen LogP) is 4.85. The van der Waals surface area contributed by atoms with Crippen molar-refractivity contribution in [3.8, 4) is 0 Å². The molecule has 1 heterocycles. The minimum absolute atomic E-state index is 0.0641. The maximum Gasteiger partial charge on any atom is 0.251 e. The number of aromatic nitrogens is 1. The molecule has 1 amide bonds. The van der Waals surface area contributed by atoms with Gasteiger partial charge in [0.15, 0.2) is 0 Å². The van der Waals surface area contributed by atoms with Gasteiger partial charge in [-0.3, -0.25) is 14.6 Å². The fourth-order valence-corrected chi connectivity index (χ4v) is 4.00. The van der Waals surface area contributed by atoms with Gasteiger partial charge in [-0.05, 0) is 54.5 Å². The van der Waals surface area contributed by atoms with Crippen molar-refractivity contribution in [2.75, 3.05) is 13.7 Å². The largest absolute Gasteiger partial charge is 0.400 e. The highest BCUT2D eigenvalue weighted by Crippen LogP contribution is 2.23. The summed E-state index contributed by atoms with van der Waals surface area (Å²) >= 11 is 0. The van der Waals surface area contributed by atoms with E-state index in [0.29, 0.717) is 24.9 Å². The van der Waals surface area contributed by atoms with E-state index >= 15 is 0 Å². The first kappa shape index (κ1) is 25.8. The van der Waals surface area contributed by atoms with Crippen molar-refractivity contribution < 1.29 is 14.7 Å². The zero-order chi connectivity index (χ0) is 25.2. The first-order valence-corrected chi connectivity index (χ1v) is 11.7. The summed E-state index contributed by atoms with van der Waals surface area (Å²) in [6.45, 7) is 4.27. The molecular formula is C30H32N2O3. The summed E-state index contributed by atoms with van der Waals surface area (Å²) in [6.07, 6.45) is 3.68. The maximum absolute atomic E-state index is 12.5. The van der Waals surface area contributed by atoms with Gasteiger partial charge >= 0.3 is 0 Å². The van der Waals surface area contributed by atoms with Crippen LogP contribution in [0, 0.1) is 6.92 Å². The quantitative estimate of drug-likeness (QED) is 0.388. The van der Waals surface area contributed by atoms with Crippen LogP contribution >= 0.6 is 0 Å². The average molecular weight is 469 g/mol. The number of pyridine rings is 1. The molecule has 0 fully saturated rings. The van der Waals surface area contributed by atoms with Crippen LogP contribution in [-0.4, -0.2) is 35.4 Å². The Morgan fingerprint density at radius 2 is 1.49 bits per heavy atom. The Bertz CT molecular complexity index is 1280. The smallest absolute Gasteiger partial charge is 0.251 e. The molecule has 1 aromatic heterocycles. The third-order valence-electron chi connectivity index (χ3n) is 5.81. The van der Waals surface area contributed by atoms with Crippen molar-refractivity contribution in [2.24, 2.45) is 0 Å². The summed E-state index contributed by atoms with van der Waals surface area (Å²) in [5.74, 6) is 0.0632. The van der Waals surface area contributed by atoms with E-state index in [9.17, 15) is 9.59 Å². The minimum atomic E-state index is -0.0641. The number of nitrogens with zero attached hydrogens (tertiary/aromatic N) is 1. The molecule has 0 radical (unpaired) electrons. The molecule has 4 aromatic rings. The zero-order valence-electron chi connectivity index (χ0n) is 20.5. The molecule has 180 valence electrons. The van der Waals surface area contributed by atoms with Crippen LogP contribution in [0.4, 0.5) is 0 Å². The van der Waals surface area contributed by atoms with Crippen LogP contribution in [0.1, 0.15) is 45.2 Å². The minimum Gasteiger partial charge on any atom is -0.400 e. The molecule has 0 bridgehead atoms. The Kier molecular flexibility index (Phi) is 9.27. The van der Waals surface area contributed by atoms with E-state index in [-0.39, 0.29) is 11.7 Å². The topological polar surface area (TPSA) is 79.3 Å². The second kappa shape index (κ2) is 12.6. The molecule has 0 atom stereocenters. The number of aliphatic hydroxyl groups is 1. The molecule has 3 aromatic carbocycles. The number of benzene rings is 3. The van der Waals surface area contributed by atoms with Crippen LogP contribution in [0.15, 0.2) is 79.0 Å². The number of hydrogen-bond donors (Lipinski definition) is 2. The molecule has 5 nitrogen and oxygen atoms in total. The van der Waals surface area contributed by atoms with Crippen LogP contribution < -0.4 is 5.32 Å². The monoisotopic (exact) mass is 468 g/mol. The van der Waals surface area contributed by atoms with Crippen LogP contribution in [0.5, 0.6) is 0 Å². The highest BCUT2D eigenvalue weighted by molar-refractivity contribution is 5.94. The van der Waals surface area contributed by atoms with E-state index < -0.39 is 0 Å². The molecule has 4 rings (SSSR count). The summed E-state index contributed by atoms with van der Waals surface area (Å²) in [4.78, 5) is 28.8. The van der Waals surface area contributed by atoms with Gasteiger partial charge in [0.1, 0.15) is 5.78 Å². The molecule has 0 saturated carbocycles. The fourth-order valence-electron chi connectivity index (χ4n) is 4.00. The first-order chi connectivity index (χ1) is 17.0. The third kappa shape index (κ3) is 7.08. The molecule has 5 heteroatoms. The van der Waals surface area contributed by atoms with Crippen molar-refractivity contribution >= 4 is 22.5 Å². The number of nitrogens with one attached hydrogen (secondary N) is 1. The van der Waals surface area contributed by atoms with E-state index in [4.69, 9.17) is 5.11 Å². The lowest BCUT2D eigenvalue weighted by Crippen LogP contribution is -2.25. The number of fused-ring (bicyclic) bond motifs is 1. The van der Waals surface area contributed by atoms with Gasteiger partial charge in [0.2, 0.25) is 0 Å². The van der Waals surface area contributed by atoms with Gasteiger partial charge in [-0.25, -0.2) is 0 Å². The van der Waals surface area contributed by atoms with Gasteiger partial charge in [0.25, 0.3) is 5.91 Å². The highest BCUT2D eigenvalue weighted by Gasteiger charge is 2.10. The van der Waals surface area contributed by atoms with Crippen LogP contribution in [0.2, 0.25) is 0 Å². The number of rotatable bonds is 8. The summed E-state index contributed by atoms with van der Waals surface area (Å²) in [7, 11) is 1.00. The number of amides is 1. The van der Waals surface area contributed by atoms with E-state index in [0.717, 1.165) is 41.1 Å². The average Bonchev–Trinajstić information content (AvgIpc) is 2.88. The molecule has 0 aliphatic heterocycles. The molecular weight excluding hydrogens is 436 g/mol. The van der Waals surface area contributed by atoms with Gasteiger partial charge in [0, 0.05) is 43.6 Å². The van der Waals surface area contributed by atoms with Gasteiger partial charge in [-0.2, -0.15) is 0 Å². The Labute approximate surface area is 206 Å². The van der Waals surface area contributed by atoms with Crippen LogP contribution in [0.3, 0.4) is 0 Å². The van der Waals surface area contributed by atoms with Gasteiger partial charge in [-0.15, -0.1) is 0 Å². The molecule has 0 aliphatic rings. The summed E-state index contributed by atoms with van der Waals surface area (Å²) in [5.41, 5.74) is 6.11. The fraction of sp³-hybridized carbons (Fsp3) is 0.233. The number of aryl methyl sites for hydroxylation is 1. The van der Waals surface area contributed by atoms with Gasteiger partial charge in [-0.1, -0.05) is 66.2 Å². The third-order valence-corrected chi connectivity index (χ3v) is 5.81. The molecule has 0 aliphatic carbocycles. The Morgan fingerprint density at radius 1 is 0.857 bits per heavy atom. The second-order valence-corrected chi connectivity index (χ2v) is 8.52. The zero-order valence-corrected chi connectivity index (χ0v) is 20.5. The number of hydrogen-bond acceptors (Lipinski definition) is 4. The lowest BCUT2D eigenvalue weighted by Gasteiger charge is -2.10. The Balaban J connectivity index is 0.00000167. The second-order valence-electron chi connectivity index (χ2n) is 8.52. The van der Waals surface area contributed by atoms with Crippen LogP contribution in [-0.2, 0) is 24.1 Å². The number of carbonyl (C=O) groups excluding carboxylic acids is 2. The molecule has 0 unspecified atom stereocenters. The Morgan fingerprint density at radius 3 is 2.14 bits per heavy atom. The summed E-state index contributed by atoms with van der Waals surface area (Å²) in [5, 5.41) is 12.1. The predicted molar refractivity (Wildman–Crippen MR) is 141 cm³/mol. The van der Waals surface area contributed by atoms with E-state index in [1.165, 1.54) is 11.1 Å². The molecule has 0 spiro atoms. The van der Waals surface area contributed by atoms with E-state index in [1.807, 2.05) is 48.7 Å². The Hall–Kier alpha value is -3.83. The van der Waals surface area contributed by atoms with Gasteiger partial charge < -0.3 is 10.4 Å². The number of ketones is 1. The maximum atomic E-state index is 12.5. The number of Topliss-reactive ketones (excluding diaryl/α,β-unsaturated/α-hetero) is 1. The summed E-state index contributed by atoms with van der Waals surface area (Å²) in [6, 6.07) is 24.1. The SMILES string of the molecule is CC(=O)Cc1cnc(Cc2ccc(C(=O)NCCc3ccc(C)cc3)cc2)c2ccccc12.CO. The first-order valence-electron chi connectivity index (χ1n) is 11.7. The summed E-state index contributed by atoms with van der Waals surface area (Å²) < 4.78 is 0. The van der Waals surface area contributed by atoms with E-state index in [1.54, 1.807) is 6.92 Å². The molecule has 35 heavy (non-hydrogen) atoms. The lowest BCUT2D eigenvalue weighted by molar-refractivity contribution is -0.116. The van der Waals surface area contributed by atoms with Crippen molar-refractivity contribution in [2.45, 2.75) is 33.1 Å². The van der Waals surface area contributed by atoms with E-state index in [2.05, 4.69) is 47.6 Å². The normalized spacial score (nSPS) is 10.4. The van der Waals surface area contributed by atoms with Crippen molar-refractivity contribution in [3.05, 3.63) is 113 Å². The number of carbonyl (C=O) groups is 2. The highest BCUT2D eigenvalue weighted by atomic mass is 16.2. The lowest BCUT2D eigenvalue weighted by atomic mass is 9.98. The molecule has 0 saturated heterocycles. The van der Waals surface area contributed by atoms with Gasteiger partial charge in [0.05, 0.1) is 5.69 Å². The van der Waals surface area contributed by atoms with Crippen molar-refractivity contribution in [1.82, 2.24) is 10.3 Å².